The maximum absolute atomic E-state index is 12.3. The number of phenols is 1. The maximum Gasteiger partial charge on any atom is 0.245 e. The summed E-state index contributed by atoms with van der Waals surface area (Å²) in [5, 5.41) is 13.9. The molecule has 0 aliphatic carbocycles. The molecule has 1 aliphatic heterocycles. The number of carbonyl (C=O) groups excluding carboxylic acids is 2. The average molecular weight is 353 g/mol. The molecule has 0 saturated carbocycles. The second kappa shape index (κ2) is 7.69. The molecule has 1 heterocycles. The van der Waals surface area contributed by atoms with Gasteiger partial charge in [0.15, 0.2) is 11.5 Å². The number of phenolic OH excluding ortho intramolecular Hbond substituents is 1. The number of hydrogen-bond donors (Lipinski definition) is 2. The molecular formula is C19H19N3O4. The molecule has 26 heavy (non-hydrogen) atoms. The third-order valence-corrected chi connectivity index (χ3v) is 4.19. The van der Waals surface area contributed by atoms with E-state index < -0.39 is 5.92 Å². The zero-order chi connectivity index (χ0) is 18.5. The van der Waals surface area contributed by atoms with Crippen LogP contribution in [0, 0.1) is 5.92 Å². The number of methoxy groups -OCH3 is 1. The van der Waals surface area contributed by atoms with E-state index in [-0.39, 0.29) is 24.0 Å². The van der Waals surface area contributed by atoms with Crippen LogP contribution in [0.1, 0.15) is 12.0 Å². The van der Waals surface area contributed by atoms with Crippen molar-refractivity contribution in [3.05, 3.63) is 54.1 Å². The highest BCUT2D eigenvalue weighted by Crippen LogP contribution is 2.28. The number of rotatable bonds is 5. The normalized spacial score (nSPS) is 16.9. The van der Waals surface area contributed by atoms with Crippen LogP contribution in [0.3, 0.4) is 0 Å². The highest BCUT2D eigenvalue weighted by Gasteiger charge is 2.34. The van der Waals surface area contributed by atoms with E-state index >= 15 is 0 Å². The molecule has 1 atom stereocenters. The molecule has 1 fully saturated rings. The number of nitrogens with zero attached hydrogens (tertiary/aromatic N) is 2. The van der Waals surface area contributed by atoms with Crippen LogP contribution in [-0.2, 0) is 9.59 Å². The number of anilines is 1. The molecule has 2 aromatic rings. The van der Waals surface area contributed by atoms with Crippen LogP contribution in [0.15, 0.2) is 53.6 Å². The molecule has 0 aromatic heterocycles. The van der Waals surface area contributed by atoms with Gasteiger partial charge >= 0.3 is 0 Å². The first-order chi connectivity index (χ1) is 12.6. The molecule has 7 nitrogen and oxygen atoms in total. The Labute approximate surface area is 150 Å². The number of hydrazone groups is 1. The lowest BCUT2D eigenvalue weighted by Gasteiger charge is -2.16. The highest BCUT2D eigenvalue weighted by molar-refractivity contribution is 6.00. The number of carbonyl (C=O) groups is 2. The van der Waals surface area contributed by atoms with Gasteiger partial charge < -0.3 is 14.7 Å². The smallest absolute Gasteiger partial charge is 0.245 e. The second-order valence-electron chi connectivity index (χ2n) is 5.87. The van der Waals surface area contributed by atoms with Crippen molar-refractivity contribution in [2.24, 2.45) is 11.0 Å². The highest BCUT2D eigenvalue weighted by atomic mass is 16.5. The first-order valence-corrected chi connectivity index (χ1v) is 8.14. The van der Waals surface area contributed by atoms with E-state index in [1.165, 1.54) is 13.3 Å². The number of hydrogen-bond acceptors (Lipinski definition) is 5. The van der Waals surface area contributed by atoms with Gasteiger partial charge in [-0.15, -0.1) is 0 Å². The van der Waals surface area contributed by atoms with E-state index in [0.29, 0.717) is 17.9 Å². The number of ether oxygens (including phenoxy) is 1. The fourth-order valence-electron chi connectivity index (χ4n) is 2.81. The molecule has 2 N–H and O–H groups in total. The van der Waals surface area contributed by atoms with Crippen LogP contribution in [0.2, 0.25) is 0 Å². The average Bonchev–Trinajstić information content (AvgIpc) is 3.05. The minimum Gasteiger partial charge on any atom is -0.504 e. The molecule has 7 heteroatoms. The summed E-state index contributed by atoms with van der Waals surface area (Å²) in [5.74, 6) is -0.639. The predicted octanol–water partition coefficient (Wildman–Crippen LogP) is 1.90. The van der Waals surface area contributed by atoms with Gasteiger partial charge in [-0.2, -0.15) is 5.10 Å². The van der Waals surface area contributed by atoms with Crippen molar-refractivity contribution in [2.45, 2.75) is 6.42 Å². The largest absolute Gasteiger partial charge is 0.504 e. The zero-order valence-electron chi connectivity index (χ0n) is 14.3. The van der Waals surface area contributed by atoms with Gasteiger partial charge in [-0.1, -0.05) is 24.3 Å². The van der Waals surface area contributed by atoms with Crippen molar-refractivity contribution in [3.8, 4) is 11.5 Å². The molecular weight excluding hydrogens is 334 g/mol. The zero-order valence-corrected chi connectivity index (χ0v) is 14.3. The standard InChI is InChI=1S/C19H19N3O4/c1-26-16-9-5-6-13(18(16)24)11-20-21-19(25)14-10-17(23)22(12-14)15-7-3-2-4-8-15/h2-9,11,14,24H,10,12H2,1H3,(H,21,25)/b20-11-/t14-/m0/s1. The lowest BCUT2D eigenvalue weighted by molar-refractivity contribution is -0.126. The molecule has 0 bridgehead atoms. The summed E-state index contributed by atoms with van der Waals surface area (Å²) >= 11 is 0. The topological polar surface area (TPSA) is 91.2 Å². The summed E-state index contributed by atoms with van der Waals surface area (Å²) in [5.41, 5.74) is 3.62. The number of benzene rings is 2. The summed E-state index contributed by atoms with van der Waals surface area (Å²) in [4.78, 5) is 26.0. The Kier molecular flexibility index (Phi) is 5.17. The summed E-state index contributed by atoms with van der Waals surface area (Å²) in [6.45, 7) is 0.314. The maximum atomic E-state index is 12.3. The Morgan fingerprint density at radius 2 is 2.04 bits per heavy atom. The Morgan fingerprint density at radius 1 is 1.27 bits per heavy atom. The monoisotopic (exact) mass is 353 g/mol. The van der Waals surface area contributed by atoms with Crippen LogP contribution in [0.4, 0.5) is 5.69 Å². The van der Waals surface area contributed by atoms with E-state index in [4.69, 9.17) is 4.74 Å². The van der Waals surface area contributed by atoms with Crippen LogP contribution >= 0.6 is 0 Å². The fourth-order valence-corrected chi connectivity index (χ4v) is 2.81. The SMILES string of the molecule is COc1cccc(/C=N\NC(=O)[C@H]2CC(=O)N(c3ccccc3)C2)c1O. The number of amides is 2. The van der Waals surface area contributed by atoms with Crippen molar-refractivity contribution in [1.82, 2.24) is 5.43 Å². The third-order valence-electron chi connectivity index (χ3n) is 4.19. The Hall–Kier alpha value is -3.35. The van der Waals surface area contributed by atoms with E-state index in [1.54, 1.807) is 23.1 Å². The molecule has 1 aliphatic rings. The number of para-hydroxylation sites is 2. The molecule has 0 radical (unpaired) electrons. The summed E-state index contributed by atoms with van der Waals surface area (Å²) in [6.07, 6.45) is 1.47. The van der Waals surface area contributed by atoms with Gasteiger partial charge in [-0.25, -0.2) is 5.43 Å². The summed E-state index contributed by atoms with van der Waals surface area (Å²) in [6, 6.07) is 14.2. The quantitative estimate of drug-likeness (QED) is 0.634. The van der Waals surface area contributed by atoms with Crippen LogP contribution < -0.4 is 15.1 Å². The van der Waals surface area contributed by atoms with Crippen LogP contribution in [-0.4, -0.2) is 36.8 Å². The van der Waals surface area contributed by atoms with Crippen molar-refractivity contribution < 1.29 is 19.4 Å². The Bertz CT molecular complexity index is 836. The van der Waals surface area contributed by atoms with E-state index in [0.717, 1.165) is 5.69 Å². The summed E-state index contributed by atoms with van der Waals surface area (Å²) in [7, 11) is 1.45. The molecule has 134 valence electrons. The molecule has 0 unspecified atom stereocenters. The Balaban J connectivity index is 1.62. The minimum absolute atomic E-state index is 0.0562. The molecule has 1 saturated heterocycles. The van der Waals surface area contributed by atoms with E-state index in [1.807, 2.05) is 30.3 Å². The molecule has 3 rings (SSSR count). The van der Waals surface area contributed by atoms with Crippen LogP contribution in [0.5, 0.6) is 11.5 Å². The Morgan fingerprint density at radius 3 is 2.77 bits per heavy atom. The van der Waals surface area contributed by atoms with Gasteiger partial charge in [0.05, 0.1) is 19.2 Å². The van der Waals surface area contributed by atoms with Crippen LogP contribution in [0.25, 0.3) is 0 Å². The molecule has 2 amide bonds. The predicted molar refractivity (Wildman–Crippen MR) is 97.3 cm³/mol. The lowest BCUT2D eigenvalue weighted by Crippen LogP contribution is -2.30. The first kappa shape index (κ1) is 17.5. The number of nitrogens with one attached hydrogen (secondary N) is 1. The van der Waals surface area contributed by atoms with Crippen molar-refractivity contribution in [2.75, 3.05) is 18.6 Å². The van der Waals surface area contributed by atoms with Crippen molar-refractivity contribution in [3.63, 3.8) is 0 Å². The van der Waals surface area contributed by atoms with Gasteiger partial charge in [0.1, 0.15) is 0 Å². The fraction of sp³-hybridized carbons (Fsp3) is 0.211. The molecule has 2 aromatic carbocycles. The van der Waals surface area contributed by atoms with Crippen molar-refractivity contribution in [1.29, 1.82) is 0 Å². The first-order valence-electron chi connectivity index (χ1n) is 8.14. The van der Waals surface area contributed by atoms with Gasteiger partial charge in [0.25, 0.3) is 0 Å². The van der Waals surface area contributed by atoms with Gasteiger partial charge in [-0.05, 0) is 24.3 Å². The minimum atomic E-state index is -0.473. The molecule has 0 spiro atoms. The second-order valence-corrected chi connectivity index (χ2v) is 5.87. The third kappa shape index (κ3) is 3.66. The van der Waals surface area contributed by atoms with Gasteiger partial charge in [-0.3, -0.25) is 9.59 Å². The number of aromatic hydroxyl groups is 1. The van der Waals surface area contributed by atoms with E-state index in [9.17, 15) is 14.7 Å². The van der Waals surface area contributed by atoms with Gasteiger partial charge in [0.2, 0.25) is 11.8 Å². The lowest BCUT2D eigenvalue weighted by atomic mass is 10.1. The van der Waals surface area contributed by atoms with Crippen molar-refractivity contribution >= 4 is 23.7 Å². The van der Waals surface area contributed by atoms with Gasteiger partial charge in [0, 0.05) is 24.2 Å². The van der Waals surface area contributed by atoms with E-state index in [2.05, 4.69) is 10.5 Å². The summed E-state index contributed by atoms with van der Waals surface area (Å²) < 4.78 is 5.02.